The third kappa shape index (κ3) is 4.51. The molecule has 1 aliphatic heterocycles. The standard InChI is InChI=1S/C16H19NO6/c1-10-9-11(2)23-16(19)14(7-8-15(18)22-10)12-3-5-13(6-4-12)17(20)21/h3-6,10-11,14H,7-9H2,1-2H3/t10-,11-,14+/m1/s1. The lowest BCUT2D eigenvalue weighted by Gasteiger charge is -2.24. The molecule has 0 N–H and O–H groups in total. The summed E-state index contributed by atoms with van der Waals surface area (Å²) in [5, 5.41) is 10.7. The minimum atomic E-state index is -0.640. The normalized spacial score (nSPS) is 26.1. The molecule has 1 saturated heterocycles. The second kappa shape index (κ2) is 7.21. The second-order valence-corrected chi connectivity index (χ2v) is 5.72. The first kappa shape index (κ1) is 16.9. The van der Waals surface area contributed by atoms with Crippen LogP contribution >= 0.6 is 0 Å². The number of carbonyl (C=O) groups is 2. The molecule has 0 aliphatic carbocycles. The Bertz CT molecular complexity index is 597. The van der Waals surface area contributed by atoms with Crippen LogP contribution in [0.2, 0.25) is 0 Å². The summed E-state index contributed by atoms with van der Waals surface area (Å²) >= 11 is 0. The van der Waals surface area contributed by atoms with Gasteiger partial charge in [0, 0.05) is 25.0 Å². The van der Waals surface area contributed by atoms with Crippen molar-refractivity contribution in [1.29, 1.82) is 0 Å². The number of nitro groups is 1. The van der Waals surface area contributed by atoms with Crippen molar-refractivity contribution in [3.8, 4) is 0 Å². The molecule has 0 saturated carbocycles. The first-order valence-corrected chi connectivity index (χ1v) is 7.51. The zero-order valence-electron chi connectivity index (χ0n) is 13.1. The quantitative estimate of drug-likeness (QED) is 0.472. The van der Waals surface area contributed by atoms with Gasteiger partial charge < -0.3 is 9.47 Å². The van der Waals surface area contributed by atoms with E-state index in [0.29, 0.717) is 12.0 Å². The Balaban J connectivity index is 2.21. The average molecular weight is 321 g/mol. The third-order valence-corrected chi connectivity index (χ3v) is 3.74. The number of non-ortho nitro benzene ring substituents is 1. The first-order valence-electron chi connectivity index (χ1n) is 7.51. The van der Waals surface area contributed by atoms with Crippen LogP contribution in [-0.4, -0.2) is 29.1 Å². The van der Waals surface area contributed by atoms with Gasteiger partial charge in [0.1, 0.15) is 12.2 Å². The van der Waals surface area contributed by atoms with Crippen molar-refractivity contribution < 1.29 is 24.0 Å². The fourth-order valence-electron chi connectivity index (χ4n) is 2.64. The van der Waals surface area contributed by atoms with E-state index in [1.807, 2.05) is 0 Å². The number of ether oxygens (including phenoxy) is 2. The van der Waals surface area contributed by atoms with Gasteiger partial charge in [-0.3, -0.25) is 19.7 Å². The average Bonchev–Trinajstić information content (AvgIpc) is 2.46. The fraction of sp³-hybridized carbons (Fsp3) is 0.500. The summed E-state index contributed by atoms with van der Waals surface area (Å²) in [5.74, 6) is -1.42. The Labute approximate surface area is 133 Å². The molecule has 3 atom stereocenters. The number of benzene rings is 1. The summed E-state index contributed by atoms with van der Waals surface area (Å²) in [6, 6.07) is 5.72. The molecule has 0 amide bonds. The van der Waals surface area contributed by atoms with Crippen LogP contribution in [0.3, 0.4) is 0 Å². The van der Waals surface area contributed by atoms with Gasteiger partial charge >= 0.3 is 11.9 Å². The van der Waals surface area contributed by atoms with Crippen molar-refractivity contribution in [2.75, 3.05) is 0 Å². The maximum absolute atomic E-state index is 12.4. The van der Waals surface area contributed by atoms with Gasteiger partial charge in [-0.2, -0.15) is 0 Å². The van der Waals surface area contributed by atoms with Crippen LogP contribution in [0.5, 0.6) is 0 Å². The number of esters is 2. The molecule has 1 aromatic rings. The van der Waals surface area contributed by atoms with E-state index in [0.717, 1.165) is 0 Å². The number of hydrogen-bond donors (Lipinski definition) is 0. The Morgan fingerprint density at radius 2 is 1.70 bits per heavy atom. The second-order valence-electron chi connectivity index (χ2n) is 5.72. The van der Waals surface area contributed by atoms with E-state index in [2.05, 4.69) is 0 Å². The predicted octanol–water partition coefficient (Wildman–Crippen LogP) is 2.73. The van der Waals surface area contributed by atoms with E-state index >= 15 is 0 Å². The van der Waals surface area contributed by atoms with Crippen LogP contribution in [-0.2, 0) is 19.1 Å². The largest absolute Gasteiger partial charge is 0.463 e. The summed E-state index contributed by atoms with van der Waals surface area (Å²) in [4.78, 5) is 34.4. The van der Waals surface area contributed by atoms with Gasteiger partial charge in [-0.05, 0) is 25.8 Å². The Morgan fingerprint density at radius 3 is 2.30 bits per heavy atom. The monoisotopic (exact) mass is 321 g/mol. The highest BCUT2D eigenvalue weighted by Gasteiger charge is 2.28. The van der Waals surface area contributed by atoms with E-state index in [-0.39, 0.29) is 36.7 Å². The Kier molecular flexibility index (Phi) is 5.31. The highest BCUT2D eigenvalue weighted by atomic mass is 16.6. The van der Waals surface area contributed by atoms with Gasteiger partial charge in [-0.25, -0.2) is 0 Å². The first-order chi connectivity index (χ1) is 10.9. The molecule has 2 rings (SSSR count). The van der Waals surface area contributed by atoms with Crippen molar-refractivity contribution in [3.05, 3.63) is 39.9 Å². The number of carbonyl (C=O) groups excluding carboxylic acids is 2. The number of cyclic esters (lactones) is 2. The lowest BCUT2D eigenvalue weighted by atomic mass is 9.93. The van der Waals surface area contributed by atoms with Crippen molar-refractivity contribution in [2.45, 2.75) is 51.2 Å². The van der Waals surface area contributed by atoms with Gasteiger partial charge in [-0.15, -0.1) is 0 Å². The Morgan fingerprint density at radius 1 is 1.09 bits per heavy atom. The lowest BCUT2D eigenvalue weighted by molar-refractivity contribution is -0.384. The van der Waals surface area contributed by atoms with Gasteiger partial charge in [0.2, 0.25) is 0 Å². The molecule has 7 heteroatoms. The number of nitro benzene ring substituents is 1. The van der Waals surface area contributed by atoms with Crippen LogP contribution in [0.15, 0.2) is 24.3 Å². The van der Waals surface area contributed by atoms with Gasteiger partial charge in [-0.1, -0.05) is 12.1 Å². The van der Waals surface area contributed by atoms with Crippen LogP contribution < -0.4 is 0 Å². The predicted molar refractivity (Wildman–Crippen MR) is 80.8 cm³/mol. The van der Waals surface area contributed by atoms with Gasteiger partial charge in [0.25, 0.3) is 5.69 Å². The molecule has 0 bridgehead atoms. The minimum Gasteiger partial charge on any atom is -0.463 e. The van der Waals surface area contributed by atoms with Crippen molar-refractivity contribution in [3.63, 3.8) is 0 Å². The number of nitrogens with zero attached hydrogens (tertiary/aromatic N) is 1. The summed E-state index contributed by atoms with van der Waals surface area (Å²) in [6.07, 6.45) is 0.0969. The van der Waals surface area contributed by atoms with Gasteiger partial charge in [0.15, 0.2) is 0 Å². The zero-order chi connectivity index (χ0) is 17.0. The smallest absolute Gasteiger partial charge is 0.313 e. The van der Waals surface area contributed by atoms with Gasteiger partial charge in [0.05, 0.1) is 10.8 Å². The number of hydrogen-bond acceptors (Lipinski definition) is 6. The van der Waals surface area contributed by atoms with Crippen LogP contribution in [0.4, 0.5) is 5.69 Å². The maximum Gasteiger partial charge on any atom is 0.313 e. The van der Waals surface area contributed by atoms with Crippen LogP contribution in [0.25, 0.3) is 0 Å². The summed E-state index contributed by atoms with van der Waals surface area (Å²) in [5.41, 5.74) is 0.540. The molecular weight excluding hydrogens is 302 g/mol. The molecule has 1 heterocycles. The van der Waals surface area contributed by atoms with E-state index < -0.39 is 16.8 Å². The lowest BCUT2D eigenvalue weighted by Crippen LogP contribution is -2.28. The van der Waals surface area contributed by atoms with E-state index in [1.165, 1.54) is 24.3 Å². The number of rotatable bonds is 2. The molecule has 124 valence electrons. The fourth-order valence-corrected chi connectivity index (χ4v) is 2.64. The zero-order valence-corrected chi connectivity index (χ0v) is 13.1. The van der Waals surface area contributed by atoms with E-state index in [4.69, 9.17) is 9.47 Å². The van der Waals surface area contributed by atoms with E-state index in [9.17, 15) is 19.7 Å². The molecule has 0 unspecified atom stereocenters. The van der Waals surface area contributed by atoms with Crippen LogP contribution in [0, 0.1) is 10.1 Å². The summed E-state index contributed by atoms with van der Waals surface area (Å²) in [6.45, 7) is 3.51. The van der Waals surface area contributed by atoms with Crippen molar-refractivity contribution >= 4 is 17.6 Å². The molecule has 0 radical (unpaired) electrons. The van der Waals surface area contributed by atoms with Crippen LogP contribution in [0.1, 0.15) is 44.6 Å². The molecular formula is C16H19NO6. The van der Waals surface area contributed by atoms with Crippen molar-refractivity contribution in [2.24, 2.45) is 0 Å². The van der Waals surface area contributed by atoms with E-state index in [1.54, 1.807) is 13.8 Å². The maximum atomic E-state index is 12.4. The topological polar surface area (TPSA) is 95.7 Å². The Hall–Kier alpha value is -2.44. The molecule has 7 nitrogen and oxygen atoms in total. The third-order valence-electron chi connectivity index (χ3n) is 3.74. The highest BCUT2D eigenvalue weighted by molar-refractivity contribution is 5.79. The molecule has 23 heavy (non-hydrogen) atoms. The minimum absolute atomic E-state index is 0.0522. The molecule has 1 aliphatic rings. The SMILES string of the molecule is C[C@@H]1C[C@@H](C)OC(=O)[C@H](c2ccc([N+](=O)[O-])cc2)CCC(=O)O1. The summed E-state index contributed by atoms with van der Waals surface area (Å²) < 4.78 is 10.7. The summed E-state index contributed by atoms with van der Waals surface area (Å²) in [7, 11) is 0. The molecule has 0 spiro atoms. The molecule has 1 fully saturated rings. The highest BCUT2D eigenvalue weighted by Crippen LogP contribution is 2.27. The van der Waals surface area contributed by atoms with Crippen molar-refractivity contribution in [1.82, 2.24) is 0 Å². The molecule has 0 aromatic heterocycles. The molecule has 1 aromatic carbocycles.